The fraction of sp³-hybridized carbons (Fsp3) is 0.500. The third kappa shape index (κ3) is 3.02. The van der Waals surface area contributed by atoms with E-state index in [2.05, 4.69) is 0 Å². The molecule has 0 radical (unpaired) electrons. The predicted octanol–water partition coefficient (Wildman–Crippen LogP) is -0.247. The number of fused-ring (bicyclic) bond motifs is 2. The summed E-state index contributed by atoms with van der Waals surface area (Å²) in [4.78, 5) is 23.5. The molecule has 1 aromatic carbocycles. The van der Waals surface area contributed by atoms with Crippen LogP contribution < -0.4 is 0 Å². The number of aromatic hydroxyl groups is 2. The average molecular weight is 338 g/mol. The van der Waals surface area contributed by atoms with Crippen molar-refractivity contribution in [2.45, 2.75) is 49.6 Å². The first kappa shape index (κ1) is 16.5. The molecule has 2 aliphatic rings. The molecule has 0 amide bonds. The molecule has 8 nitrogen and oxygen atoms in total. The maximum absolute atomic E-state index is 11.9. The van der Waals surface area contributed by atoms with E-state index in [9.17, 15) is 30.0 Å². The summed E-state index contributed by atoms with van der Waals surface area (Å²) in [5, 5.41) is 38.8. The molecule has 2 fully saturated rings. The lowest BCUT2D eigenvalue weighted by atomic mass is 9.82. The van der Waals surface area contributed by atoms with Crippen LogP contribution in [0.4, 0.5) is 0 Å². The Labute approximate surface area is 137 Å². The minimum atomic E-state index is -1.71. The molecule has 1 aromatic rings. The quantitative estimate of drug-likeness (QED) is 0.436. The van der Waals surface area contributed by atoms with Gasteiger partial charge in [0.25, 0.3) is 0 Å². The zero-order valence-electron chi connectivity index (χ0n) is 12.7. The van der Waals surface area contributed by atoms with Gasteiger partial charge in [0.05, 0.1) is 0 Å². The fourth-order valence-corrected chi connectivity index (χ4v) is 3.07. The topological polar surface area (TPSA) is 134 Å². The van der Waals surface area contributed by atoms with Gasteiger partial charge in [0.2, 0.25) is 0 Å². The normalized spacial score (nSPS) is 31.6. The van der Waals surface area contributed by atoms with E-state index in [1.54, 1.807) is 6.07 Å². The molecule has 2 bridgehead atoms. The number of aryl methyl sites for hydroxylation is 1. The Balaban J connectivity index is 1.57. The summed E-state index contributed by atoms with van der Waals surface area (Å²) in [6.45, 7) is 0. The highest BCUT2D eigenvalue weighted by Crippen LogP contribution is 2.39. The summed E-state index contributed by atoms with van der Waals surface area (Å²) in [5.41, 5.74) is -1.08. The van der Waals surface area contributed by atoms with Crippen molar-refractivity contribution < 1.29 is 39.5 Å². The maximum atomic E-state index is 11.9. The van der Waals surface area contributed by atoms with E-state index < -0.39 is 35.9 Å². The Morgan fingerprint density at radius 1 is 1.29 bits per heavy atom. The largest absolute Gasteiger partial charge is 0.504 e. The smallest absolute Gasteiger partial charge is 0.338 e. The number of esters is 2. The van der Waals surface area contributed by atoms with Crippen LogP contribution in [0.2, 0.25) is 0 Å². The second kappa shape index (κ2) is 5.95. The highest BCUT2D eigenvalue weighted by atomic mass is 16.6. The fourth-order valence-electron chi connectivity index (χ4n) is 3.07. The van der Waals surface area contributed by atoms with Crippen molar-refractivity contribution in [1.82, 2.24) is 0 Å². The number of hydrogen-bond acceptors (Lipinski definition) is 8. The molecule has 1 aliphatic heterocycles. The number of carbonyl (C=O) groups excluding carboxylic acids is 2. The average Bonchev–Trinajstić information content (AvgIpc) is 2.78. The molecule has 1 heterocycles. The van der Waals surface area contributed by atoms with Crippen molar-refractivity contribution in [2.75, 3.05) is 0 Å². The Kier molecular flexibility index (Phi) is 4.10. The highest BCUT2D eigenvalue weighted by molar-refractivity contribution is 5.82. The molecule has 130 valence electrons. The first-order chi connectivity index (χ1) is 11.3. The van der Waals surface area contributed by atoms with E-state index in [1.807, 2.05) is 0 Å². The minimum Gasteiger partial charge on any atom is -0.504 e. The van der Waals surface area contributed by atoms with Crippen molar-refractivity contribution in [3.63, 3.8) is 0 Å². The molecule has 1 saturated heterocycles. The molecule has 1 aliphatic carbocycles. The van der Waals surface area contributed by atoms with Crippen LogP contribution in [0, 0.1) is 0 Å². The van der Waals surface area contributed by atoms with E-state index in [0.29, 0.717) is 5.56 Å². The van der Waals surface area contributed by atoms with Crippen LogP contribution in [-0.2, 0) is 25.5 Å². The van der Waals surface area contributed by atoms with Gasteiger partial charge in [0.15, 0.2) is 17.1 Å². The zero-order valence-corrected chi connectivity index (χ0v) is 12.7. The Morgan fingerprint density at radius 2 is 2.04 bits per heavy atom. The van der Waals surface area contributed by atoms with Crippen molar-refractivity contribution in [2.24, 2.45) is 0 Å². The van der Waals surface area contributed by atoms with Crippen molar-refractivity contribution >= 4 is 11.9 Å². The Morgan fingerprint density at radius 3 is 2.75 bits per heavy atom. The summed E-state index contributed by atoms with van der Waals surface area (Å²) in [6.07, 6.45) is -3.02. The van der Waals surface area contributed by atoms with Crippen molar-refractivity contribution in [1.29, 1.82) is 0 Å². The lowest BCUT2D eigenvalue weighted by Crippen LogP contribution is -2.50. The number of hydrogen-bond donors (Lipinski definition) is 4. The van der Waals surface area contributed by atoms with Gasteiger partial charge < -0.3 is 29.9 Å². The second-order valence-corrected chi connectivity index (χ2v) is 6.23. The van der Waals surface area contributed by atoms with Crippen molar-refractivity contribution in [3.05, 3.63) is 23.8 Å². The van der Waals surface area contributed by atoms with Gasteiger partial charge in [-0.25, -0.2) is 4.79 Å². The van der Waals surface area contributed by atoms with Gasteiger partial charge in [-0.1, -0.05) is 6.07 Å². The molecule has 0 spiro atoms. The number of aliphatic hydroxyl groups is 2. The van der Waals surface area contributed by atoms with Crippen LogP contribution in [0.3, 0.4) is 0 Å². The van der Waals surface area contributed by atoms with Gasteiger partial charge >= 0.3 is 11.9 Å². The standard InChI is InChI=1S/C16H18O8/c17-9-3-1-8(5-10(9)18)2-4-13(19)23-11-6-16(22)7-12(14(11)20)24-15(16)21/h1,3,5,11-12,14,17-18,20,22H,2,4,6-7H2/t11-,12-,14-,16?/m1/s1. The van der Waals surface area contributed by atoms with Gasteiger partial charge in [-0.05, 0) is 24.1 Å². The molecular formula is C16H18O8. The van der Waals surface area contributed by atoms with Gasteiger partial charge in [-0.3, -0.25) is 4.79 Å². The van der Waals surface area contributed by atoms with Gasteiger partial charge in [0, 0.05) is 19.3 Å². The minimum absolute atomic E-state index is 0.00612. The molecule has 1 saturated carbocycles. The summed E-state index contributed by atoms with van der Waals surface area (Å²) in [7, 11) is 0. The molecule has 1 unspecified atom stereocenters. The van der Waals surface area contributed by atoms with Crippen LogP contribution in [0.1, 0.15) is 24.8 Å². The van der Waals surface area contributed by atoms with Crippen LogP contribution in [0.25, 0.3) is 0 Å². The molecular weight excluding hydrogens is 320 g/mol. The van der Waals surface area contributed by atoms with E-state index >= 15 is 0 Å². The monoisotopic (exact) mass is 338 g/mol. The second-order valence-electron chi connectivity index (χ2n) is 6.23. The third-order valence-electron chi connectivity index (χ3n) is 4.42. The van der Waals surface area contributed by atoms with Crippen LogP contribution >= 0.6 is 0 Å². The molecule has 0 aromatic heterocycles. The maximum Gasteiger partial charge on any atom is 0.338 e. The molecule has 4 N–H and O–H groups in total. The Bertz CT molecular complexity index is 672. The molecule has 3 rings (SSSR count). The molecule has 24 heavy (non-hydrogen) atoms. The highest BCUT2D eigenvalue weighted by Gasteiger charge is 2.58. The lowest BCUT2D eigenvalue weighted by Gasteiger charge is -2.33. The number of rotatable bonds is 4. The SMILES string of the molecule is O=C(CCc1ccc(O)c(O)c1)O[C@@H]1CC2(O)C[C@@H](OC2=O)[C@@H]1O. The molecule has 4 atom stereocenters. The zero-order chi connectivity index (χ0) is 17.5. The van der Waals surface area contributed by atoms with E-state index in [1.165, 1.54) is 12.1 Å². The van der Waals surface area contributed by atoms with Crippen LogP contribution in [0.15, 0.2) is 18.2 Å². The van der Waals surface area contributed by atoms with Gasteiger partial charge in [-0.15, -0.1) is 0 Å². The van der Waals surface area contributed by atoms with Crippen molar-refractivity contribution in [3.8, 4) is 11.5 Å². The van der Waals surface area contributed by atoms with Crippen LogP contribution in [-0.4, -0.2) is 56.3 Å². The van der Waals surface area contributed by atoms with E-state index in [-0.39, 0.29) is 37.2 Å². The summed E-state index contributed by atoms with van der Waals surface area (Å²) in [6, 6.07) is 4.22. The number of aliphatic hydroxyl groups excluding tert-OH is 1. The number of ether oxygens (including phenoxy) is 2. The first-order valence-corrected chi connectivity index (χ1v) is 7.60. The third-order valence-corrected chi connectivity index (χ3v) is 4.42. The number of carbonyl (C=O) groups is 2. The summed E-state index contributed by atoms with van der Waals surface area (Å²) in [5.74, 6) is -1.94. The number of benzene rings is 1. The van der Waals surface area contributed by atoms with E-state index in [0.717, 1.165) is 0 Å². The summed E-state index contributed by atoms with van der Waals surface area (Å²) >= 11 is 0. The van der Waals surface area contributed by atoms with Gasteiger partial charge in [-0.2, -0.15) is 0 Å². The Hall–Kier alpha value is -2.32. The number of phenolic OH excluding ortho intramolecular Hbond substituents is 2. The lowest BCUT2D eigenvalue weighted by molar-refractivity contribution is -0.167. The van der Waals surface area contributed by atoms with E-state index in [4.69, 9.17) is 9.47 Å². The summed E-state index contributed by atoms with van der Waals surface area (Å²) < 4.78 is 10.1. The molecule has 8 heteroatoms. The number of phenols is 2. The van der Waals surface area contributed by atoms with Crippen LogP contribution in [0.5, 0.6) is 11.5 Å². The first-order valence-electron chi connectivity index (χ1n) is 7.60. The predicted molar refractivity (Wildman–Crippen MR) is 78.0 cm³/mol. The van der Waals surface area contributed by atoms with Gasteiger partial charge in [0.1, 0.15) is 18.3 Å².